The van der Waals surface area contributed by atoms with E-state index in [2.05, 4.69) is 26.3 Å². The molecule has 4 aromatic heterocycles. The standard InChI is InChI=1S/C20H16N4O2S/c1-12-7-17(16-10-22-11-26-16)27-19(12)14-3-4-18(23-9-14)24-20(25)15-5-6-21-8-13(15)2/h3-11H,1-2H3,(H,23,24,25). The summed E-state index contributed by atoms with van der Waals surface area (Å²) in [6.45, 7) is 3.90. The Kier molecular flexibility index (Phi) is 4.52. The van der Waals surface area contributed by atoms with E-state index in [0.717, 1.165) is 32.2 Å². The van der Waals surface area contributed by atoms with Gasteiger partial charge in [-0.1, -0.05) is 0 Å². The van der Waals surface area contributed by atoms with Gasteiger partial charge in [-0.3, -0.25) is 9.78 Å². The number of pyridine rings is 2. The van der Waals surface area contributed by atoms with Gasteiger partial charge in [0, 0.05) is 34.6 Å². The number of hydrogen-bond donors (Lipinski definition) is 1. The van der Waals surface area contributed by atoms with E-state index >= 15 is 0 Å². The number of aryl methyl sites for hydroxylation is 2. The molecule has 0 saturated heterocycles. The van der Waals surface area contributed by atoms with Crippen LogP contribution in [0.25, 0.3) is 21.1 Å². The molecule has 0 aliphatic carbocycles. The summed E-state index contributed by atoms with van der Waals surface area (Å²) in [5.41, 5.74) is 3.53. The highest BCUT2D eigenvalue weighted by Crippen LogP contribution is 2.37. The lowest BCUT2D eigenvalue weighted by atomic mass is 10.1. The highest BCUT2D eigenvalue weighted by molar-refractivity contribution is 7.19. The molecule has 0 aliphatic rings. The Morgan fingerprint density at radius 2 is 1.96 bits per heavy atom. The van der Waals surface area contributed by atoms with Crippen LogP contribution in [0.2, 0.25) is 0 Å². The maximum Gasteiger partial charge on any atom is 0.257 e. The lowest BCUT2D eigenvalue weighted by molar-refractivity contribution is 0.102. The van der Waals surface area contributed by atoms with Gasteiger partial charge in [0.2, 0.25) is 0 Å². The fraction of sp³-hybridized carbons (Fsp3) is 0.100. The van der Waals surface area contributed by atoms with Crippen LogP contribution < -0.4 is 5.32 Å². The first-order valence-electron chi connectivity index (χ1n) is 8.29. The zero-order chi connectivity index (χ0) is 18.8. The molecule has 0 bridgehead atoms. The van der Waals surface area contributed by atoms with E-state index in [1.165, 1.54) is 6.39 Å². The van der Waals surface area contributed by atoms with Crippen molar-refractivity contribution in [3.63, 3.8) is 0 Å². The van der Waals surface area contributed by atoms with Gasteiger partial charge in [0.15, 0.2) is 12.2 Å². The zero-order valence-corrected chi connectivity index (χ0v) is 15.6. The van der Waals surface area contributed by atoms with Gasteiger partial charge in [0.25, 0.3) is 5.91 Å². The number of oxazole rings is 1. The van der Waals surface area contributed by atoms with Crippen LogP contribution in [-0.2, 0) is 0 Å². The van der Waals surface area contributed by atoms with E-state index in [0.29, 0.717) is 11.4 Å². The van der Waals surface area contributed by atoms with Crippen molar-refractivity contribution in [2.45, 2.75) is 13.8 Å². The minimum atomic E-state index is -0.199. The van der Waals surface area contributed by atoms with Gasteiger partial charge in [-0.15, -0.1) is 11.3 Å². The molecular formula is C20H16N4O2S. The molecule has 6 nitrogen and oxygen atoms in total. The van der Waals surface area contributed by atoms with Crippen molar-refractivity contribution >= 4 is 23.1 Å². The molecule has 7 heteroatoms. The van der Waals surface area contributed by atoms with E-state index in [1.807, 2.05) is 19.9 Å². The van der Waals surface area contributed by atoms with Gasteiger partial charge >= 0.3 is 0 Å². The summed E-state index contributed by atoms with van der Waals surface area (Å²) in [5, 5.41) is 2.82. The molecule has 0 spiro atoms. The van der Waals surface area contributed by atoms with E-state index in [-0.39, 0.29) is 5.91 Å². The second-order valence-electron chi connectivity index (χ2n) is 6.07. The van der Waals surface area contributed by atoms with Gasteiger partial charge in [0.1, 0.15) is 5.82 Å². The Balaban J connectivity index is 1.55. The van der Waals surface area contributed by atoms with Crippen molar-refractivity contribution in [3.05, 3.63) is 72.1 Å². The zero-order valence-electron chi connectivity index (χ0n) is 14.8. The first-order valence-corrected chi connectivity index (χ1v) is 9.11. The quantitative estimate of drug-likeness (QED) is 0.557. The Labute approximate surface area is 160 Å². The predicted molar refractivity (Wildman–Crippen MR) is 105 cm³/mol. The fourth-order valence-electron chi connectivity index (χ4n) is 2.74. The summed E-state index contributed by atoms with van der Waals surface area (Å²) in [7, 11) is 0. The maximum absolute atomic E-state index is 12.4. The molecule has 134 valence electrons. The Hall–Kier alpha value is -3.32. The normalized spacial score (nSPS) is 10.7. The van der Waals surface area contributed by atoms with Crippen molar-refractivity contribution in [2.24, 2.45) is 0 Å². The molecular weight excluding hydrogens is 360 g/mol. The number of amides is 1. The second kappa shape index (κ2) is 7.13. The molecule has 0 fully saturated rings. The molecule has 4 heterocycles. The number of carbonyl (C=O) groups is 1. The predicted octanol–water partition coefficient (Wildman–Crippen LogP) is 4.73. The Bertz CT molecular complexity index is 1090. The van der Waals surface area contributed by atoms with Gasteiger partial charge in [-0.05, 0) is 49.2 Å². The topological polar surface area (TPSA) is 80.9 Å². The molecule has 0 aliphatic heterocycles. The Morgan fingerprint density at radius 1 is 1.07 bits per heavy atom. The van der Waals surface area contributed by atoms with Crippen LogP contribution in [-0.4, -0.2) is 20.9 Å². The molecule has 1 amide bonds. The van der Waals surface area contributed by atoms with Crippen molar-refractivity contribution in [1.82, 2.24) is 15.0 Å². The largest absolute Gasteiger partial charge is 0.443 e. The molecule has 27 heavy (non-hydrogen) atoms. The first kappa shape index (κ1) is 17.1. The van der Waals surface area contributed by atoms with Crippen LogP contribution in [0.5, 0.6) is 0 Å². The van der Waals surface area contributed by atoms with Gasteiger partial charge in [0.05, 0.1) is 11.1 Å². The number of rotatable bonds is 4. The minimum absolute atomic E-state index is 0.199. The van der Waals surface area contributed by atoms with Crippen LogP contribution >= 0.6 is 11.3 Å². The second-order valence-corrected chi connectivity index (χ2v) is 7.12. The number of carbonyl (C=O) groups excluding carboxylic acids is 1. The van der Waals surface area contributed by atoms with Crippen molar-refractivity contribution in [2.75, 3.05) is 5.32 Å². The third-order valence-electron chi connectivity index (χ3n) is 4.13. The van der Waals surface area contributed by atoms with E-state index in [4.69, 9.17) is 4.42 Å². The Morgan fingerprint density at radius 3 is 2.67 bits per heavy atom. The maximum atomic E-state index is 12.4. The van der Waals surface area contributed by atoms with E-state index in [9.17, 15) is 4.79 Å². The monoisotopic (exact) mass is 376 g/mol. The molecule has 0 radical (unpaired) electrons. The first-order chi connectivity index (χ1) is 13.1. The van der Waals surface area contributed by atoms with Crippen LogP contribution in [0, 0.1) is 13.8 Å². The number of anilines is 1. The van der Waals surface area contributed by atoms with Crippen molar-refractivity contribution in [1.29, 1.82) is 0 Å². The number of hydrogen-bond acceptors (Lipinski definition) is 6. The minimum Gasteiger partial charge on any atom is -0.443 e. The number of nitrogens with one attached hydrogen (secondary N) is 1. The van der Waals surface area contributed by atoms with Crippen molar-refractivity contribution < 1.29 is 9.21 Å². The average Bonchev–Trinajstić information content (AvgIpc) is 3.32. The van der Waals surface area contributed by atoms with Gasteiger partial charge < -0.3 is 9.73 Å². The van der Waals surface area contributed by atoms with Crippen LogP contribution in [0.4, 0.5) is 5.82 Å². The summed E-state index contributed by atoms with van der Waals surface area (Å²) in [4.78, 5) is 26.9. The fourth-order valence-corrected chi connectivity index (χ4v) is 3.86. The molecule has 0 saturated carbocycles. The average molecular weight is 376 g/mol. The lowest BCUT2D eigenvalue weighted by Crippen LogP contribution is -2.14. The van der Waals surface area contributed by atoms with Crippen LogP contribution in [0.1, 0.15) is 21.5 Å². The highest BCUT2D eigenvalue weighted by Gasteiger charge is 2.13. The third kappa shape index (κ3) is 3.50. The third-order valence-corrected chi connectivity index (χ3v) is 5.43. The molecule has 0 unspecified atom stereocenters. The summed E-state index contributed by atoms with van der Waals surface area (Å²) >= 11 is 1.62. The van der Waals surface area contributed by atoms with Crippen molar-refractivity contribution in [3.8, 4) is 21.1 Å². The van der Waals surface area contributed by atoms with E-state index in [1.54, 1.807) is 48.3 Å². The molecule has 0 aromatic carbocycles. The SMILES string of the molecule is Cc1cnccc1C(=O)Nc1ccc(-c2sc(-c3cnco3)cc2C)cn1. The lowest BCUT2D eigenvalue weighted by Gasteiger charge is -2.07. The van der Waals surface area contributed by atoms with Gasteiger partial charge in [-0.2, -0.15) is 0 Å². The molecule has 0 atom stereocenters. The summed E-state index contributed by atoms with van der Waals surface area (Å²) in [6, 6.07) is 7.52. The van der Waals surface area contributed by atoms with Crippen LogP contribution in [0.3, 0.4) is 0 Å². The number of thiophene rings is 1. The highest BCUT2D eigenvalue weighted by atomic mass is 32.1. The van der Waals surface area contributed by atoms with E-state index < -0.39 is 0 Å². The summed E-state index contributed by atoms with van der Waals surface area (Å²) in [6.07, 6.45) is 8.15. The van der Waals surface area contributed by atoms with Gasteiger partial charge in [-0.25, -0.2) is 9.97 Å². The summed E-state index contributed by atoms with van der Waals surface area (Å²) in [5.74, 6) is 1.05. The molecule has 1 N–H and O–H groups in total. The smallest absolute Gasteiger partial charge is 0.257 e. The van der Waals surface area contributed by atoms with Crippen LogP contribution in [0.15, 0.2) is 59.9 Å². The molecule has 4 rings (SSSR count). The molecule has 4 aromatic rings. The number of aromatic nitrogens is 3. The number of nitrogens with zero attached hydrogens (tertiary/aromatic N) is 3. The summed E-state index contributed by atoms with van der Waals surface area (Å²) < 4.78 is 5.37.